The minimum absolute atomic E-state index is 0.600. The van der Waals surface area contributed by atoms with Crippen molar-refractivity contribution in [3.63, 3.8) is 0 Å². The van der Waals surface area contributed by atoms with Gasteiger partial charge in [-0.2, -0.15) is 10.4 Å². The standard InChI is InChI=1S/C26H21N5/c1-31(2)22-13-9-20(10-14-22)18-28-25-15-16-26(24-6-4-3-5-23(24)25)30-29-21-11-7-19(17-27)8-12-21/h3-16,18H,1-2H3. The summed E-state index contributed by atoms with van der Waals surface area (Å²) >= 11 is 0. The van der Waals surface area contributed by atoms with Crippen LogP contribution < -0.4 is 4.90 Å². The second-order valence-corrected chi connectivity index (χ2v) is 7.25. The van der Waals surface area contributed by atoms with Gasteiger partial charge in [0.05, 0.1) is 28.7 Å². The monoisotopic (exact) mass is 403 g/mol. The number of hydrogen-bond acceptors (Lipinski definition) is 5. The zero-order valence-electron chi connectivity index (χ0n) is 17.4. The number of benzene rings is 4. The van der Waals surface area contributed by atoms with Crippen LogP contribution in [0, 0.1) is 11.3 Å². The molecule has 0 saturated heterocycles. The third-order valence-electron chi connectivity index (χ3n) is 4.91. The number of nitrogens with zero attached hydrogens (tertiary/aromatic N) is 5. The number of fused-ring (bicyclic) bond motifs is 1. The average molecular weight is 403 g/mol. The Bertz CT molecular complexity index is 1290. The number of hydrogen-bond donors (Lipinski definition) is 0. The van der Waals surface area contributed by atoms with Crippen LogP contribution in [0.15, 0.2) is 100 Å². The van der Waals surface area contributed by atoms with E-state index in [1.807, 2.05) is 56.7 Å². The Labute approximate surface area is 181 Å². The van der Waals surface area contributed by atoms with Gasteiger partial charge in [-0.25, -0.2) is 0 Å². The highest BCUT2D eigenvalue weighted by Crippen LogP contribution is 2.34. The van der Waals surface area contributed by atoms with Crippen LogP contribution in [0.25, 0.3) is 10.8 Å². The summed E-state index contributed by atoms with van der Waals surface area (Å²) in [7, 11) is 4.05. The molecule has 0 saturated carbocycles. The Kier molecular flexibility index (Phi) is 5.82. The molecule has 0 aromatic heterocycles. The SMILES string of the molecule is CN(C)c1ccc(C=Nc2ccc(N=Nc3ccc(C#N)cc3)c3ccccc23)cc1. The summed E-state index contributed by atoms with van der Waals surface area (Å²) in [6, 6.07) is 29.3. The quantitative estimate of drug-likeness (QED) is 0.267. The van der Waals surface area contributed by atoms with Crippen molar-refractivity contribution in [2.45, 2.75) is 0 Å². The van der Waals surface area contributed by atoms with E-state index < -0.39 is 0 Å². The number of aliphatic imine (C=N–C) groups is 1. The average Bonchev–Trinajstić information content (AvgIpc) is 2.82. The van der Waals surface area contributed by atoms with Gasteiger partial charge >= 0.3 is 0 Å². The molecular weight excluding hydrogens is 382 g/mol. The zero-order chi connectivity index (χ0) is 21.6. The fourth-order valence-corrected chi connectivity index (χ4v) is 3.18. The maximum atomic E-state index is 8.91. The van der Waals surface area contributed by atoms with Gasteiger partial charge in [0, 0.05) is 36.8 Å². The van der Waals surface area contributed by atoms with Gasteiger partial charge < -0.3 is 4.90 Å². The van der Waals surface area contributed by atoms with Crippen molar-refractivity contribution in [2.24, 2.45) is 15.2 Å². The largest absolute Gasteiger partial charge is 0.378 e. The summed E-state index contributed by atoms with van der Waals surface area (Å²) < 4.78 is 0. The number of nitriles is 1. The fourth-order valence-electron chi connectivity index (χ4n) is 3.18. The lowest BCUT2D eigenvalue weighted by molar-refractivity contribution is 1.13. The molecule has 31 heavy (non-hydrogen) atoms. The molecule has 0 amide bonds. The number of rotatable bonds is 5. The molecule has 0 aliphatic carbocycles. The summed E-state index contributed by atoms with van der Waals surface area (Å²) in [5, 5.41) is 19.7. The van der Waals surface area contributed by atoms with E-state index in [4.69, 9.17) is 10.3 Å². The maximum Gasteiger partial charge on any atom is 0.0991 e. The molecule has 150 valence electrons. The van der Waals surface area contributed by atoms with Gasteiger partial charge in [0.1, 0.15) is 0 Å². The second kappa shape index (κ2) is 9.02. The van der Waals surface area contributed by atoms with E-state index in [9.17, 15) is 0 Å². The molecule has 5 heteroatoms. The van der Waals surface area contributed by atoms with Gasteiger partial charge in [0.25, 0.3) is 0 Å². The summed E-state index contributed by atoms with van der Waals surface area (Å²) in [5.41, 5.74) is 5.15. The molecule has 0 radical (unpaired) electrons. The zero-order valence-corrected chi connectivity index (χ0v) is 17.4. The Balaban J connectivity index is 1.63. The van der Waals surface area contributed by atoms with Gasteiger partial charge in [0.2, 0.25) is 0 Å². The predicted octanol–water partition coefficient (Wildman–Crippen LogP) is 6.94. The van der Waals surface area contributed by atoms with Crippen molar-refractivity contribution < 1.29 is 0 Å². The van der Waals surface area contributed by atoms with Crippen LogP contribution in [0.5, 0.6) is 0 Å². The lowest BCUT2D eigenvalue weighted by atomic mass is 10.1. The first-order valence-corrected chi connectivity index (χ1v) is 9.89. The van der Waals surface area contributed by atoms with Crippen molar-refractivity contribution in [3.8, 4) is 6.07 Å². The van der Waals surface area contributed by atoms with Crippen molar-refractivity contribution >= 4 is 39.7 Å². The molecule has 0 aliphatic rings. The second-order valence-electron chi connectivity index (χ2n) is 7.25. The van der Waals surface area contributed by atoms with Crippen molar-refractivity contribution in [1.29, 1.82) is 5.26 Å². The third kappa shape index (κ3) is 4.65. The molecule has 0 aliphatic heterocycles. The first kappa shape index (κ1) is 20.0. The normalized spacial score (nSPS) is 11.3. The minimum atomic E-state index is 0.600. The van der Waals surface area contributed by atoms with E-state index in [2.05, 4.69) is 45.5 Å². The number of anilines is 1. The van der Waals surface area contributed by atoms with Crippen LogP contribution in [-0.4, -0.2) is 20.3 Å². The van der Waals surface area contributed by atoms with Crippen molar-refractivity contribution in [1.82, 2.24) is 0 Å². The van der Waals surface area contributed by atoms with E-state index in [1.54, 1.807) is 24.3 Å². The van der Waals surface area contributed by atoms with Crippen LogP contribution in [0.2, 0.25) is 0 Å². The first-order valence-electron chi connectivity index (χ1n) is 9.89. The van der Waals surface area contributed by atoms with Crippen molar-refractivity contribution in [2.75, 3.05) is 19.0 Å². The van der Waals surface area contributed by atoms with Crippen molar-refractivity contribution in [3.05, 3.63) is 96.1 Å². The van der Waals surface area contributed by atoms with E-state index in [0.29, 0.717) is 11.3 Å². The summed E-state index contributed by atoms with van der Waals surface area (Å²) in [5.74, 6) is 0. The van der Waals surface area contributed by atoms with Crippen LogP contribution in [0.4, 0.5) is 22.7 Å². The van der Waals surface area contributed by atoms with Gasteiger partial charge in [-0.05, 0) is 54.1 Å². The molecule has 0 spiro atoms. The van der Waals surface area contributed by atoms with Gasteiger partial charge in [0.15, 0.2) is 0 Å². The lowest BCUT2D eigenvalue weighted by Crippen LogP contribution is -2.08. The van der Waals surface area contributed by atoms with Gasteiger partial charge in [-0.3, -0.25) is 4.99 Å². The Hall–Kier alpha value is -4.30. The molecule has 4 rings (SSSR count). The minimum Gasteiger partial charge on any atom is -0.378 e. The van der Waals surface area contributed by atoms with Crippen LogP contribution in [0.1, 0.15) is 11.1 Å². The van der Waals surface area contributed by atoms with Crippen LogP contribution >= 0.6 is 0 Å². The Morgan fingerprint density at radius 2 is 1.39 bits per heavy atom. The molecule has 4 aromatic carbocycles. The Morgan fingerprint density at radius 3 is 2.03 bits per heavy atom. The predicted molar refractivity (Wildman–Crippen MR) is 127 cm³/mol. The van der Waals surface area contributed by atoms with E-state index in [-0.39, 0.29) is 0 Å². The van der Waals surface area contributed by atoms with E-state index >= 15 is 0 Å². The molecule has 0 heterocycles. The fraction of sp³-hybridized carbons (Fsp3) is 0.0769. The smallest absolute Gasteiger partial charge is 0.0991 e. The van der Waals surface area contributed by atoms with Crippen LogP contribution in [-0.2, 0) is 0 Å². The Morgan fingerprint density at radius 1 is 0.742 bits per heavy atom. The molecule has 5 nitrogen and oxygen atoms in total. The maximum absolute atomic E-state index is 8.91. The topological polar surface area (TPSA) is 64.1 Å². The highest BCUT2D eigenvalue weighted by atomic mass is 15.1. The summed E-state index contributed by atoms with van der Waals surface area (Å²) in [6.45, 7) is 0. The van der Waals surface area contributed by atoms with Crippen LogP contribution in [0.3, 0.4) is 0 Å². The molecule has 4 aromatic rings. The van der Waals surface area contributed by atoms with E-state index in [1.165, 1.54) is 0 Å². The van der Waals surface area contributed by atoms with E-state index in [0.717, 1.165) is 33.4 Å². The van der Waals surface area contributed by atoms with Gasteiger partial charge in [-0.1, -0.05) is 36.4 Å². The lowest BCUT2D eigenvalue weighted by Gasteiger charge is -2.11. The third-order valence-corrected chi connectivity index (χ3v) is 4.91. The summed E-state index contributed by atoms with van der Waals surface area (Å²) in [6.07, 6.45) is 1.87. The van der Waals surface area contributed by atoms with Gasteiger partial charge in [-0.15, -0.1) is 5.11 Å². The number of azo groups is 1. The highest BCUT2D eigenvalue weighted by molar-refractivity contribution is 6.01. The first-order chi connectivity index (χ1) is 15.1. The molecule has 0 bridgehead atoms. The molecule has 0 unspecified atom stereocenters. The molecule has 0 atom stereocenters. The molecule has 0 N–H and O–H groups in total. The highest BCUT2D eigenvalue weighted by Gasteiger charge is 2.05. The molecular formula is C26H21N5. The summed E-state index contributed by atoms with van der Waals surface area (Å²) in [4.78, 5) is 6.79. The molecule has 0 fully saturated rings.